The highest BCUT2D eigenvalue weighted by molar-refractivity contribution is 7.91. The molecule has 1 heterocycles. The number of hydrogen-bond donors (Lipinski definition) is 1. The van der Waals surface area contributed by atoms with Crippen LogP contribution in [0.15, 0.2) is 58.8 Å². The number of halogens is 3. The Bertz CT molecular complexity index is 1420. The van der Waals surface area contributed by atoms with Gasteiger partial charge < -0.3 is 10.1 Å². The summed E-state index contributed by atoms with van der Waals surface area (Å²) in [7, 11) is -2.43. The minimum Gasteiger partial charge on any atom is -0.385 e. The molecule has 0 saturated carbocycles. The number of allylic oxidation sites excluding steroid dienone is 1. The fourth-order valence-electron chi connectivity index (χ4n) is 4.00. The van der Waals surface area contributed by atoms with E-state index >= 15 is 0 Å². The number of unbranched alkanes of at least 4 members (excludes halogenated alkanes) is 1. The van der Waals surface area contributed by atoms with Gasteiger partial charge in [0.1, 0.15) is 0 Å². The zero-order valence-electron chi connectivity index (χ0n) is 20.0. The quantitative estimate of drug-likeness (QED) is 0.372. The van der Waals surface area contributed by atoms with Gasteiger partial charge in [-0.2, -0.15) is 18.4 Å². The van der Waals surface area contributed by atoms with Crippen molar-refractivity contribution in [3.05, 3.63) is 82.0 Å². The van der Waals surface area contributed by atoms with E-state index in [0.717, 1.165) is 23.1 Å². The van der Waals surface area contributed by atoms with Crippen LogP contribution in [0.4, 0.5) is 23.7 Å². The molecule has 0 unspecified atom stereocenters. The van der Waals surface area contributed by atoms with E-state index in [1.807, 2.05) is 6.07 Å². The lowest BCUT2D eigenvalue weighted by Gasteiger charge is -2.34. The van der Waals surface area contributed by atoms with Crippen LogP contribution in [0, 0.1) is 17.9 Å². The van der Waals surface area contributed by atoms with Crippen LogP contribution in [0.5, 0.6) is 0 Å². The molecule has 2 amide bonds. The molecule has 1 atom stereocenters. The van der Waals surface area contributed by atoms with E-state index < -0.39 is 33.6 Å². The Morgan fingerprint density at radius 2 is 1.95 bits per heavy atom. The third-order valence-corrected chi connectivity index (χ3v) is 7.65. The molecule has 2 aromatic rings. The summed E-state index contributed by atoms with van der Waals surface area (Å²) < 4.78 is 71.1. The van der Waals surface area contributed by atoms with Gasteiger partial charge in [-0.05, 0) is 55.7 Å². The number of carbonyl (C=O) groups excluding carboxylic acids is 1. The monoisotopic (exact) mass is 532 g/mol. The van der Waals surface area contributed by atoms with Crippen LogP contribution in [0.25, 0.3) is 4.85 Å². The zero-order valence-corrected chi connectivity index (χ0v) is 20.8. The highest BCUT2D eigenvalue weighted by Gasteiger charge is 2.37. The topological polar surface area (TPSA) is 104 Å². The number of amides is 2. The Morgan fingerprint density at radius 1 is 1.22 bits per heavy atom. The van der Waals surface area contributed by atoms with Crippen LogP contribution in [0.2, 0.25) is 0 Å². The average molecular weight is 533 g/mol. The van der Waals surface area contributed by atoms with E-state index in [1.54, 1.807) is 0 Å². The molecule has 2 aromatic carbocycles. The molecule has 1 aliphatic heterocycles. The molecule has 0 spiro atoms. The lowest BCUT2D eigenvalue weighted by Crippen LogP contribution is -2.46. The fourth-order valence-corrected chi connectivity index (χ4v) is 5.65. The van der Waals surface area contributed by atoms with E-state index in [-0.39, 0.29) is 45.3 Å². The lowest BCUT2D eigenvalue weighted by molar-refractivity contribution is -0.137. The lowest BCUT2D eigenvalue weighted by atomic mass is 9.99. The van der Waals surface area contributed by atoms with Crippen molar-refractivity contribution in [3.8, 4) is 6.07 Å². The van der Waals surface area contributed by atoms with E-state index in [1.165, 1.54) is 38.3 Å². The largest absolute Gasteiger partial charge is 0.416 e. The number of nitriles is 1. The number of anilines is 1. The molecule has 0 fully saturated rings. The molecule has 0 bridgehead atoms. The zero-order chi connectivity index (χ0) is 27.4. The highest BCUT2D eigenvalue weighted by Crippen LogP contribution is 2.38. The van der Waals surface area contributed by atoms with Crippen molar-refractivity contribution in [2.45, 2.75) is 36.9 Å². The van der Waals surface area contributed by atoms with Gasteiger partial charge in [0.15, 0.2) is 9.84 Å². The van der Waals surface area contributed by atoms with Gasteiger partial charge in [-0.15, -0.1) is 0 Å². The standard InChI is InChI=1S/C25H23F3N4O4S/c1-16-22(30-2)23(31-24(33)32(16)19-8-6-7-18(14-19)25(26,27)28)20-10-9-17(15-29)13-21(20)37(34,35)12-5-4-11-36-3/h6-10,13-14,23H,4-5,11-12H2,1,3H3,(H,31,33)/t23-/m1/s1. The van der Waals surface area contributed by atoms with Gasteiger partial charge in [0, 0.05) is 25.1 Å². The summed E-state index contributed by atoms with van der Waals surface area (Å²) in [5, 5.41) is 11.9. The predicted octanol–water partition coefficient (Wildman–Crippen LogP) is 5.20. The third-order valence-electron chi connectivity index (χ3n) is 5.80. The van der Waals surface area contributed by atoms with Crippen LogP contribution in [0.3, 0.4) is 0 Å². The first-order valence-corrected chi connectivity index (χ1v) is 12.7. The molecule has 37 heavy (non-hydrogen) atoms. The van der Waals surface area contributed by atoms with E-state index in [9.17, 15) is 31.6 Å². The van der Waals surface area contributed by atoms with Gasteiger partial charge in [0.2, 0.25) is 5.70 Å². The van der Waals surface area contributed by atoms with Crippen molar-refractivity contribution in [3.63, 3.8) is 0 Å². The maximum absolute atomic E-state index is 13.2. The van der Waals surface area contributed by atoms with Crippen molar-refractivity contribution in [2.24, 2.45) is 0 Å². The first-order valence-electron chi connectivity index (χ1n) is 11.1. The summed E-state index contributed by atoms with van der Waals surface area (Å²) in [4.78, 5) is 17.4. The third kappa shape index (κ3) is 5.93. The number of alkyl halides is 3. The molecular weight excluding hydrogens is 509 g/mol. The number of sulfone groups is 1. The van der Waals surface area contributed by atoms with E-state index in [0.29, 0.717) is 13.0 Å². The summed E-state index contributed by atoms with van der Waals surface area (Å²) >= 11 is 0. The first kappa shape index (κ1) is 27.7. The predicted molar refractivity (Wildman–Crippen MR) is 129 cm³/mol. The number of ether oxygens (including phenoxy) is 1. The number of hydrogen-bond acceptors (Lipinski definition) is 5. The van der Waals surface area contributed by atoms with Crippen molar-refractivity contribution in [1.82, 2.24) is 5.32 Å². The fraction of sp³-hybridized carbons (Fsp3) is 0.320. The molecule has 1 aliphatic rings. The SMILES string of the molecule is [C-]#[N+]C1=C(C)N(c2cccc(C(F)(F)F)c2)C(=O)N[C@@H]1c1ccc(C#N)cc1S(=O)(=O)CCCCOC. The Balaban J connectivity index is 2.11. The van der Waals surface area contributed by atoms with Gasteiger partial charge in [0.25, 0.3) is 0 Å². The number of carbonyl (C=O) groups is 1. The smallest absolute Gasteiger partial charge is 0.385 e. The second-order valence-corrected chi connectivity index (χ2v) is 10.3. The summed E-state index contributed by atoms with van der Waals surface area (Å²) in [6, 6.07) is 7.92. The number of nitrogens with one attached hydrogen (secondary N) is 1. The molecule has 3 rings (SSSR count). The molecule has 12 heteroatoms. The Hall–Kier alpha value is -3.87. The molecule has 0 aliphatic carbocycles. The van der Waals surface area contributed by atoms with Crippen LogP contribution in [-0.2, 0) is 20.8 Å². The van der Waals surface area contributed by atoms with Crippen molar-refractivity contribution < 1.29 is 31.1 Å². The van der Waals surface area contributed by atoms with E-state index in [4.69, 9.17) is 11.3 Å². The van der Waals surface area contributed by atoms with Gasteiger partial charge in [-0.1, -0.05) is 12.1 Å². The number of benzene rings is 2. The second-order valence-electron chi connectivity index (χ2n) is 8.23. The molecule has 8 nitrogen and oxygen atoms in total. The maximum Gasteiger partial charge on any atom is 0.416 e. The summed E-state index contributed by atoms with van der Waals surface area (Å²) in [5.74, 6) is -0.245. The Labute approximate surface area is 212 Å². The van der Waals surface area contributed by atoms with Gasteiger partial charge in [-0.25, -0.2) is 18.1 Å². The number of rotatable bonds is 8. The molecule has 0 radical (unpaired) electrons. The van der Waals surface area contributed by atoms with Gasteiger partial charge >= 0.3 is 12.2 Å². The summed E-state index contributed by atoms with van der Waals surface area (Å²) in [6.07, 6.45) is -3.86. The molecule has 0 aromatic heterocycles. The van der Waals surface area contributed by atoms with Crippen LogP contribution >= 0.6 is 0 Å². The maximum atomic E-state index is 13.2. The highest BCUT2D eigenvalue weighted by atomic mass is 32.2. The van der Waals surface area contributed by atoms with Crippen molar-refractivity contribution in [1.29, 1.82) is 5.26 Å². The molecule has 1 N–H and O–H groups in total. The van der Waals surface area contributed by atoms with Gasteiger partial charge in [-0.3, -0.25) is 4.90 Å². The summed E-state index contributed by atoms with van der Waals surface area (Å²) in [5.41, 5.74) is -0.917. The van der Waals surface area contributed by atoms with Crippen LogP contribution < -0.4 is 10.2 Å². The normalized spacial score (nSPS) is 16.2. The van der Waals surface area contributed by atoms with Crippen molar-refractivity contribution in [2.75, 3.05) is 24.4 Å². The van der Waals surface area contributed by atoms with Crippen LogP contribution in [-0.4, -0.2) is 33.9 Å². The Morgan fingerprint density at radius 3 is 2.57 bits per heavy atom. The number of nitrogens with zero attached hydrogens (tertiary/aromatic N) is 3. The second kappa shape index (κ2) is 11.0. The van der Waals surface area contributed by atoms with Crippen LogP contribution in [0.1, 0.15) is 42.5 Å². The summed E-state index contributed by atoms with van der Waals surface area (Å²) in [6.45, 7) is 9.50. The molecule has 194 valence electrons. The number of methoxy groups -OCH3 is 1. The number of urea groups is 1. The van der Waals surface area contributed by atoms with E-state index in [2.05, 4.69) is 10.2 Å². The minimum absolute atomic E-state index is 0.0517. The molecule has 0 saturated heterocycles. The molecular formula is C25H23F3N4O4S. The Kier molecular flexibility index (Phi) is 8.26. The average Bonchev–Trinajstić information content (AvgIpc) is 2.85. The van der Waals surface area contributed by atoms with Gasteiger partial charge in [0.05, 0.1) is 40.5 Å². The minimum atomic E-state index is -4.64. The first-order chi connectivity index (χ1) is 17.4. The van der Waals surface area contributed by atoms with Crippen molar-refractivity contribution >= 4 is 21.6 Å².